The second kappa shape index (κ2) is 5.82. The molecule has 0 N–H and O–H groups in total. The first kappa shape index (κ1) is 12.1. The topological polar surface area (TPSA) is 29.0 Å². The summed E-state index contributed by atoms with van der Waals surface area (Å²) in [7, 11) is 0. The zero-order chi connectivity index (χ0) is 11.4. The van der Waals surface area contributed by atoms with Gasteiger partial charge < -0.3 is 4.90 Å². The standard InChI is InChI=1S/C11H15BrClN3/c12-5-1-3-9-4-2-6-16(9)11-10(13)7-14-8-15-11/h7-9H,1-6H2. The molecule has 1 aliphatic rings. The zero-order valence-electron chi connectivity index (χ0n) is 9.07. The molecule has 0 bridgehead atoms. The van der Waals surface area contributed by atoms with Gasteiger partial charge >= 0.3 is 0 Å². The van der Waals surface area contributed by atoms with Crippen LogP contribution in [0.5, 0.6) is 0 Å². The first-order valence-electron chi connectivity index (χ1n) is 5.61. The van der Waals surface area contributed by atoms with Crippen LogP contribution in [0, 0.1) is 0 Å². The van der Waals surface area contributed by atoms with E-state index in [1.165, 1.54) is 25.7 Å². The Bertz CT molecular complexity index is 348. The van der Waals surface area contributed by atoms with E-state index in [-0.39, 0.29) is 0 Å². The maximum atomic E-state index is 6.13. The molecule has 1 aliphatic heterocycles. The lowest BCUT2D eigenvalue weighted by molar-refractivity contribution is 0.600. The fourth-order valence-electron chi connectivity index (χ4n) is 2.24. The van der Waals surface area contributed by atoms with Crippen LogP contribution >= 0.6 is 27.5 Å². The summed E-state index contributed by atoms with van der Waals surface area (Å²) >= 11 is 9.60. The molecule has 0 aromatic carbocycles. The molecule has 0 spiro atoms. The van der Waals surface area contributed by atoms with Crippen LogP contribution in [0.15, 0.2) is 12.5 Å². The first-order chi connectivity index (χ1) is 7.83. The second-order valence-electron chi connectivity index (χ2n) is 4.01. The molecule has 5 heteroatoms. The van der Waals surface area contributed by atoms with Crippen molar-refractivity contribution in [2.45, 2.75) is 31.7 Å². The van der Waals surface area contributed by atoms with Gasteiger partial charge in [-0.05, 0) is 25.7 Å². The Morgan fingerprint density at radius 3 is 3.19 bits per heavy atom. The van der Waals surface area contributed by atoms with Gasteiger partial charge in [0.15, 0.2) is 5.82 Å². The summed E-state index contributed by atoms with van der Waals surface area (Å²) in [5, 5.41) is 1.72. The Morgan fingerprint density at radius 1 is 1.56 bits per heavy atom. The Kier molecular flexibility index (Phi) is 4.41. The van der Waals surface area contributed by atoms with Crippen LogP contribution in [0.3, 0.4) is 0 Å². The molecule has 1 fully saturated rings. The van der Waals surface area contributed by atoms with E-state index in [0.717, 1.165) is 17.7 Å². The largest absolute Gasteiger partial charge is 0.352 e. The third-order valence-corrected chi connectivity index (χ3v) is 3.80. The quantitative estimate of drug-likeness (QED) is 0.799. The van der Waals surface area contributed by atoms with Crippen molar-refractivity contribution in [3.63, 3.8) is 0 Å². The number of aromatic nitrogens is 2. The Morgan fingerprint density at radius 2 is 2.44 bits per heavy atom. The highest BCUT2D eigenvalue weighted by Crippen LogP contribution is 2.30. The molecule has 0 amide bonds. The van der Waals surface area contributed by atoms with Crippen LogP contribution in [-0.4, -0.2) is 27.9 Å². The third-order valence-electron chi connectivity index (χ3n) is 2.97. The van der Waals surface area contributed by atoms with Crippen molar-refractivity contribution >= 4 is 33.3 Å². The molecule has 1 atom stereocenters. The van der Waals surface area contributed by atoms with Crippen molar-refractivity contribution in [1.29, 1.82) is 0 Å². The molecule has 88 valence electrons. The highest BCUT2D eigenvalue weighted by Gasteiger charge is 2.26. The van der Waals surface area contributed by atoms with Crippen molar-refractivity contribution in [1.82, 2.24) is 9.97 Å². The normalized spacial score (nSPS) is 20.4. The minimum atomic E-state index is 0.588. The van der Waals surface area contributed by atoms with E-state index in [1.54, 1.807) is 12.5 Å². The minimum absolute atomic E-state index is 0.588. The average molecular weight is 305 g/mol. The summed E-state index contributed by atoms with van der Waals surface area (Å²) in [4.78, 5) is 10.5. The summed E-state index contributed by atoms with van der Waals surface area (Å²) in [6.07, 6.45) is 8.11. The monoisotopic (exact) mass is 303 g/mol. The van der Waals surface area contributed by atoms with Crippen molar-refractivity contribution in [2.24, 2.45) is 0 Å². The maximum absolute atomic E-state index is 6.13. The van der Waals surface area contributed by atoms with Crippen LogP contribution in [0.2, 0.25) is 5.02 Å². The van der Waals surface area contributed by atoms with Gasteiger partial charge in [0.05, 0.1) is 6.20 Å². The van der Waals surface area contributed by atoms with Crippen LogP contribution in [0.4, 0.5) is 5.82 Å². The van der Waals surface area contributed by atoms with E-state index in [1.807, 2.05) is 0 Å². The van der Waals surface area contributed by atoms with Gasteiger partial charge in [0.1, 0.15) is 11.3 Å². The molecule has 0 aliphatic carbocycles. The molecule has 16 heavy (non-hydrogen) atoms. The fourth-order valence-corrected chi connectivity index (χ4v) is 2.78. The van der Waals surface area contributed by atoms with Gasteiger partial charge in [-0.15, -0.1) is 0 Å². The lowest BCUT2D eigenvalue weighted by Crippen LogP contribution is -2.30. The molecule has 1 aromatic heterocycles. The molecule has 2 rings (SSSR count). The number of hydrogen-bond acceptors (Lipinski definition) is 3. The summed E-state index contributed by atoms with van der Waals surface area (Å²) < 4.78 is 0. The van der Waals surface area contributed by atoms with Gasteiger partial charge in [0.25, 0.3) is 0 Å². The second-order valence-corrected chi connectivity index (χ2v) is 5.22. The van der Waals surface area contributed by atoms with Crippen molar-refractivity contribution < 1.29 is 0 Å². The molecular formula is C11H15BrClN3. The number of rotatable bonds is 4. The minimum Gasteiger partial charge on any atom is -0.352 e. The van der Waals surface area contributed by atoms with Crippen molar-refractivity contribution in [2.75, 3.05) is 16.8 Å². The smallest absolute Gasteiger partial charge is 0.151 e. The lowest BCUT2D eigenvalue weighted by Gasteiger charge is -2.26. The molecule has 1 aromatic rings. The molecule has 0 saturated carbocycles. The predicted molar refractivity (Wildman–Crippen MR) is 70.4 cm³/mol. The van der Waals surface area contributed by atoms with Crippen molar-refractivity contribution in [3.05, 3.63) is 17.5 Å². The Hall–Kier alpha value is -0.350. The molecule has 1 unspecified atom stereocenters. The number of alkyl halides is 1. The molecular weight excluding hydrogens is 289 g/mol. The molecule has 1 saturated heterocycles. The van der Waals surface area contributed by atoms with Gasteiger partial charge in [-0.25, -0.2) is 9.97 Å². The number of halogens is 2. The van der Waals surface area contributed by atoms with Gasteiger partial charge in [-0.1, -0.05) is 27.5 Å². The molecule has 2 heterocycles. The Balaban J connectivity index is 2.10. The highest BCUT2D eigenvalue weighted by atomic mass is 79.9. The summed E-state index contributed by atoms with van der Waals surface area (Å²) in [6.45, 7) is 1.06. The van der Waals surface area contributed by atoms with Crippen LogP contribution in [-0.2, 0) is 0 Å². The van der Waals surface area contributed by atoms with Crippen LogP contribution < -0.4 is 4.90 Å². The van der Waals surface area contributed by atoms with E-state index in [2.05, 4.69) is 30.8 Å². The summed E-state index contributed by atoms with van der Waals surface area (Å²) in [6, 6.07) is 0.588. The van der Waals surface area contributed by atoms with Gasteiger partial charge in [0.2, 0.25) is 0 Å². The number of anilines is 1. The van der Waals surface area contributed by atoms with Gasteiger partial charge in [0, 0.05) is 17.9 Å². The first-order valence-corrected chi connectivity index (χ1v) is 7.11. The van der Waals surface area contributed by atoms with E-state index in [4.69, 9.17) is 11.6 Å². The fraction of sp³-hybridized carbons (Fsp3) is 0.636. The van der Waals surface area contributed by atoms with E-state index < -0.39 is 0 Å². The van der Waals surface area contributed by atoms with Gasteiger partial charge in [-0.2, -0.15) is 0 Å². The maximum Gasteiger partial charge on any atom is 0.151 e. The van der Waals surface area contributed by atoms with Crippen LogP contribution in [0.1, 0.15) is 25.7 Å². The number of nitrogens with zero attached hydrogens (tertiary/aromatic N) is 3. The molecule has 0 radical (unpaired) electrons. The van der Waals surface area contributed by atoms with Crippen molar-refractivity contribution in [3.8, 4) is 0 Å². The van der Waals surface area contributed by atoms with Gasteiger partial charge in [-0.3, -0.25) is 0 Å². The molecule has 3 nitrogen and oxygen atoms in total. The Labute approximate surface area is 109 Å². The summed E-state index contributed by atoms with van der Waals surface area (Å²) in [5.74, 6) is 0.897. The SMILES string of the molecule is Clc1cncnc1N1CCCC1CCCBr. The lowest BCUT2D eigenvalue weighted by atomic mass is 10.1. The zero-order valence-corrected chi connectivity index (χ0v) is 11.4. The van der Waals surface area contributed by atoms with E-state index >= 15 is 0 Å². The van der Waals surface area contributed by atoms with Crippen LogP contribution in [0.25, 0.3) is 0 Å². The third kappa shape index (κ3) is 2.66. The highest BCUT2D eigenvalue weighted by molar-refractivity contribution is 9.09. The summed E-state index contributed by atoms with van der Waals surface area (Å²) in [5.41, 5.74) is 0. The average Bonchev–Trinajstić information content (AvgIpc) is 2.75. The number of hydrogen-bond donors (Lipinski definition) is 0. The predicted octanol–water partition coefficient (Wildman–Crippen LogP) is 3.27. The van der Waals surface area contributed by atoms with E-state index in [0.29, 0.717) is 11.1 Å². The van der Waals surface area contributed by atoms with E-state index in [9.17, 15) is 0 Å².